The molecule has 0 spiro atoms. The van der Waals surface area contributed by atoms with Crippen LogP contribution in [-0.4, -0.2) is 10.1 Å². The van der Waals surface area contributed by atoms with E-state index in [0.29, 0.717) is 6.42 Å². The van der Waals surface area contributed by atoms with Gasteiger partial charge in [-0.15, -0.1) is 0 Å². The van der Waals surface area contributed by atoms with Gasteiger partial charge in [-0.25, -0.2) is 0 Å². The van der Waals surface area contributed by atoms with Gasteiger partial charge in [-0.1, -0.05) is 40.2 Å². The van der Waals surface area contributed by atoms with Gasteiger partial charge in [0.25, 0.3) is 0 Å². The van der Waals surface area contributed by atoms with Gasteiger partial charge >= 0.3 is 0 Å². The first-order valence-electron chi connectivity index (χ1n) is 5.93. The summed E-state index contributed by atoms with van der Waals surface area (Å²) >= 11 is 3.53. The molecule has 1 unspecified atom stereocenters. The number of halogens is 1. The van der Waals surface area contributed by atoms with Crippen LogP contribution < -0.4 is 0 Å². The van der Waals surface area contributed by atoms with Crippen LogP contribution in [0.25, 0.3) is 0 Å². The number of nitrogens with zero attached hydrogens (tertiary/aromatic N) is 1. The Balaban J connectivity index is 2.25. The summed E-state index contributed by atoms with van der Waals surface area (Å²) in [4.78, 5) is 4.32. The molecule has 0 saturated heterocycles. The maximum absolute atomic E-state index is 10.3. The monoisotopic (exact) mass is 305 g/mol. The zero-order valence-electron chi connectivity index (χ0n) is 10.5. The molecular weight excluding hydrogens is 290 g/mol. The zero-order chi connectivity index (χ0) is 13.1. The largest absolute Gasteiger partial charge is 0.388 e. The second-order valence-electron chi connectivity index (χ2n) is 4.47. The molecule has 1 atom stereocenters. The van der Waals surface area contributed by atoms with E-state index in [-0.39, 0.29) is 0 Å². The number of aryl methyl sites for hydroxylation is 2. The number of aliphatic hydroxyl groups excluding tert-OH is 1. The van der Waals surface area contributed by atoms with Crippen LogP contribution in [0.1, 0.15) is 28.5 Å². The van der Waals surface area contributed by atoms with Gasteiger partial charge in [-0.05, 0) is 36.6 Å². The second-order valence-corrected chi connectivity index (χ2v) is 5.26. The molecule has 1 aromatic heterocycles. The van der Waals surface area contributed by atoms with Gasteiger partial charge in [0.15, 0.2) is 0 Å². The maximum Gasteiger partial charge on any atom is 0.0856 e. The minimum atomic E-state index is -0.534. The minimum absolute atomic E-state index is 0.534. The summed E-state index contributed by atoms with van der Waals surface area (Å²) in [5.74, 6) is 0. The van der Waals surface area contributed by atoms with Gasteiger partial charge in [0, 0.05) is 22.8 Å². The molecule has 2 rings (SSSR count). The number of aliphatic hydroxyl groups is 1. The van der Waals surface area contributed by atoms with Gasteiger partial charge in [-0.3, -0.25) is 4.98 Å². The highest BCUT2D eigenvalue weighted by Crippen LogP contribution is 2.28. The van der Waals surface area contributed by atoms with E-state index in [9.17, 15) is 5.11 Å². The van der Waals surface area contributed by atoms with Crippen LogP contribution in [0.4, 0.5) is 0 Å². The highest BCUT2D eigenvalue weighted by Gasteiger charge is 2.14. The van der Waals surface area contributed by atoms with Crippen LogP contribution in [0.3, 0.4) is 0 Å². The van der Waals surface area contributed by atoms with E-state index < -0.39 is 6.10 Å². The SMILES string of the molecule is Cc1cccnc1CC(O)c1cccc(C)c1Br. The lowest BCUT2D eigenvalue weighted by molar-refractivity contribution is 0.176. The summed E-state index contributed by atoms with van der Waals surface area (Å²) in [6.07, 6.45) is 1.77. The number of rotatable bonds is 3. The molecule has 0 fully saturated rings. The van der Waals surface area contributed by atoms with Crippen molar-refractivity contribution in [3.05, 3.63) is 63.4 Å². The Morgan fingerprint density at radius 3 is 2.61 bits per heavy atom. The van der Waals surface area contributed by atoms with Gasteiger partial charge in [0.1, 0.15) is 0 Å². The zero-order valence-corrected chi connectivity index (χ0v) is 12.1. The van der Waals surface area contributed by atoms with E-state index in [1.165, 1.54) is 0 Å². The number of hydrogen-bond donors (Lipinski definition) is 1. The third-order valence-electron chi connectivity index (χ3n) is 3.09. The number of pyridine rings is 1. The van der Waals surface area contributed by atoms with Crippen molar-refractivity contribution in [2.45, 2.75) is 26.4 Å². The Bertz CT molecular complexity index is 554. The smallest absolute Gasteiger partial charge is 0.0856 e. The van der Waals surface area contributed by atoms with Crippen molar-refractivity contribution in [2.24, 2.45) is 0 Å². The van der Waals surface area contributed by atoms with Crippen molar-refractivity contribution < 1.29 is 5.11 Å². The van der Waals surface area contributed by atoms with Crippen molar-refractivity contribution in [3.8, 4) is 0 Å². The predicted octanol–water partition coefficient (Wildman–Crippen LogP) is 3.74. The first kappa shape index (κ1) is 13.2. The number of hydrogen-bond acceptors (Lipinski definition) is 2. The van der Waals surface area contributed by atoms with Crippen molar-refractivity contribution in [1.82, 2.24) is 4.98 Å². The quantitative estimate of drug-likeness (QED) is 0.937. The third kappa shape index (κ3) is 2.79. The average Bonchev–Trinajstić information content (AvgIpc) is 2.35. The predicted molar refractivity (Wildman–Crippen MR) is 76.5 cm³/mol. The Labute approximate surface area is 116 Å². The first-order valence-corrected chi connectivity index (χ1v) is 6.72. The van der Waals surface area contributed by atoms with E-state index >= 15 is 0 Å². The van der Waals surface area contributed by atoms with Gasteiger partial charge in [-0.2, -0.15) is 0 Å². The highest BCUT2D eigenvalue weighted by atomic mass is 79.9. The molecule has 0 radical (unpaired) electrons. The Kier molecular flexibility index (Phi) is 4.15. The molecule has 0 aliphatic rings. The Hall–Kier alpha value is -1.19. The fourth-order valence-corrected chi connectivity index (χ4v) is 2.48. The lowest BCUT2D eigenvalue weighted by Crippen LogP contribution is -2.06. The van der Waals surface area contributed by atoms with Gasteiger partial charge in [0.2, 0.25) is 0 Å². The van der Waals surface area contributed by atoms with E-state index in [1.54, 1.807) is 6.20 Å². The van der Waals surface area contributed by atoms with Crippen LogP contribution in [0.15, 0.2) is 41.0 Å². The van der Waals surface area contributed by atoms with E-state index in [4.69, 9.17) is 0 Å². The molecular formula is C15H16BrNO. The van der Waals surface area contributed by atoms with Crippen molar-refractivity contribution in [3.63, 3.8) is 0 Å². The minimum Gasteiger partial charge on any atom is -0.388 e. The molecule has 0 amide bonds. The van der Waals surface area contributed by atoms with Crippen LogP contribution in [0.5, 0.6) is 0 Å². The van der Waals surface area contributed by atoms with Gasteiger partial charge < -0.3 is 5.11 Å². The van der Waals surface area contributed by atoms with Crippen molar-refractivity contribution in [1.29, 1.82) is 0 Å². The molecule has 3 heteroatoms. The summed E-state index contributed by atoms with van der Waals surface area (Å²) in [6.45, 7) is 4.03. The standard InChI is InChI=1S/C15H16BrNO/c1-10-6-4-8-17-13(10)9-14(18)12-7-3-5-11(2)15(12)16/h3-8,14,18H,9H2,1-2H3. The van der Waals surface area contributed by atoms with E-state index in [2.05, 4.69) is 20.9 Å². The maximum atomic E-state index is 10.3. The summed E-state index contributed by atoms with van der Waals surface area (Å²) in [6, 6.07) is 9.85. The molecule has 1 N–H and O–H groups in total. The average molecular weight is 306 g/mol. The molecule has 94 valence electrons. The molecule has 0 aliphatic carbocycles. The molecule has 2 nitrogen and oxygen atoms in total. The van der Waals surface area contributed by atoms with Crippen LogP contribution in [0, 0.1) is 13.8 Å². The summed E-state index contributed by atoms with van der Waals surface area (Å²) in [7, 11) is 0. The molecule has 0 bridgehead atoms. The highest BCUT2D eigenvalue weighted by molar-refractivity contribution is 9.10. The van der Waals surface area contributed by atoms with Crippen LogP contribution >= 0.6 is 15.9 Å². The summed E-state index contributed by atoms with van der Waals surface area (Å²) in [5, 5.41) is 10.3. The summed E-state index contributed by atoms with van der Waals surface area (Å²) in [5.41, 5.74) is 4.10. The van der Waals surface area contributed by atoms with Crippen LogP contribution in [0.2, 0.25) is 0 Å². The molecule has 1 aromatic carbocycles. The normalized spacial score (nSPS) is 12.4. The number of benzene rings is 1. The lowest BCUT2D eigenvalue weighted by atomic mass is 10.0. The molecule has 1 heterocycles. The molecule has 0 aliphatic heterocycles. The third-order valence-corrected chi connectivity index (χ3v) is 4.17. The Morgan fingerprint density at radius 2 is 1.89 bits per heavy atom. The van der Waals surface area contributed by atoms with E-state index in [1.807, 2.05) is 44.2 Å². The van der Waals surface area contributed by atoms with Crippen molar-refractivity contribution in [2.75, 3.05) is 0 Å². The molecule has 18 heavy (non-hydrogen) atoms. The molecule has 0 saturated carbocycles. The van der Waals surface area contributed by atoms with E-state index in [0.717, 1.165) is 26.9 Å². The van der Waals surface area contributed by atoms with Gasteiger partial charge in [0.05, 0.1) is 6.10 Å². The van der Waals surface area contributed by atoms with Crippen molar-refractivity contribution >= 4 is 15.9 Å². The fraction of sp³-hybridized carbons (Fsp3) is 0.267. The first-order chi connectivity index (χ1) is 8.59. The lowest BCUT2D eigenvalue weighted by Gasteiger charge is -2.15. The molecule has 2 aromatic rings. The van der Waals surface area contributed by atoms with Crippen LogP contribution in [-0.2, 0) is 6.42 Å². The number of aromatic nitrogens is 1. The Morgan fingerprint density at radius 1 is 1.17 bits per heavy atom. The topological polar surface area (TPSA) is 33.1 Å². The summed E-state index contributed by atoms with van der Waals surface area (Å²) < 4.78 is 0.978. The fourth-order valence-electron chi connectivity index (χ4n) is 1.95. The second kappa shape index (κ2) is 5.63.